The molecular formula is C23H26O11. The number of aliphatic hydroxyl groups is 3. The van der Waals surface area contributed by atoms with Crippen molar-refractivity contribution in [3.05, 3.63) is 47.5 Å². The third-order valence-electron chi connectivity index (χ3n) is 6.06. The summed E-state index contributed by atoms with van der Waals surface area (Å²) in [7, 11) is 0. The number of phenolic OH excluding ortho intramolecular Hbond substituents is 4. The van der Waals surface area contributed by atoms with E-state index < -0.39 is 61.0 Å². The zero-order valence-corrected chi connectivity index (χ0v) is 17.9. The number of ketones is 1. The molecular weight excluding hydrogens is 452 g/mol. The molecule has 2 aromatic carbocycles. The summed E-state index contributed by atoms with van der Waals surface area (Å²) in [6.07, 6.45) is -7.92. The van der Waals surface area contributed by atoms with Crippen molar-refractivity contribution in [3.8, 4) is 23.0 Å². The van der Waals surface area contributed by atoms with Gasteiger partial charge in [-0.1, -0.05) is 6.07 Å². The predicted octanol–water partition coefficient (Wildman–Crippen LogP) is 0.436. The summed E-state index contributed by atoms with van der Waals surface area (Å²) >= 11 is 0. The molecule has 0 radical (unpaired) electrons. The van der Waals surface area contributed by atoms with Crippen LogP contribution in [0, 0.1) is 0 Å². The van der Waals surface area contributed by atoms with Crippen molar-refractivity contribution >= 4 is 5.78 Å². The Morgan fingerprint density at radius 2 is 1.44 bits per heavy atom. The molecule has 0 aliphatic carbocycles. The van der Waals surface area contributed by atoms with Crippen molar-refractivity contribution in [2.24, 2.45) is 0 Å². The molecule has 2 aromatic rings. The molecule has 0 spiro atoms. The summed E-state index contributed by atoms with van der Waals surface area (Å²) in [6, 6.07) is 7.72. The van der Waals surface area contributed by atoms with Gasteiger partial charge in [-0.15, -0.1) is 0 Å². The maximum Gasteiger partial charge on any atom is 0.187 e. The maximum absolute atomic E-state index is 12.7. The van der Waals surface area contributed by atoms with Gasteiger partial charge < -0.3 is 50.0 Å². The lowest BCUT2D eigenvalue weighted by atomic mass is 9.93. The van der Waals surface area contributed by atoms with E-state index in [0.29, 0.717) is 5.56 Å². The zero-order chi connectivity index (χ0) is 24.6. The van der Waals surface area contributed by atoms with Gasteiger partial charge in [0.1, 0.15) is 30.5 Å². The summed E-state index contributed by atoms with van der Waals surface area (Å²) in [6.45, 7) is -0.562. The Balaban J connectivity index is 1.57. The van der Waals surface area contributed by atoms with E-state index in [1.54, 1.807) is 0 Å². The Hall–Kier alpha value is -2.93. The van der Waals surface area contributed by atoms with Gasteiger partial charge in [-0.25, -0.2) is 0 Å². The third kappa shape index (κ3) is 4.67. The lowest BCUT2D eigenvalue weighted by Gasteiger charge is -2.48. The third-order valence-corrected chi connectivity index (χ3v) is 6.06. The fraction of sp³-hybridized carbons (Fsp3) is 0.435. The van der Waals surface area contributed by atoms with E-state index in [1.165, 1.54) is 30.3 Å². The van der Waals surface area contributed by atoms with Gasteiger partial charge in [-0.2, -0.15) is 0 Å². The highest BCUT2D eigenvalue weighted by Gasteiger charge is 2.51. The van der Waals surface area contributed by atoms with E-state index in [2.05, 4.69) is 0 Å². The number of carbonyl (C=O) groups excluding carboxylic acids is 1. The van der Waals surface area contributed by atoms with Crippen molar-refractivity contribution in [2.75, 3.05) is 6.61 Å². The number of rotatable bonds is 6. The minimum atomic E-state index is -1.44. The van der Waals surface area contributed by atoms with Crippen molar-refractivity contribution in [1.82, 2.24) is 0 Å². The minimum Gasteiger partial charge on any atom is -0.504 e. The fourth-order valence-corrected chi connectivity index (χ4v) is 4.16. The number of ether oxygens (including phenoxy) is 3. The minimum absolute atomic E-state index is 0.0508. The van der Waals surface area contributed by atoms with E-state index in [1.807, 2.05) is 0 Å². The average Bonchev–Trinajstić information content (AvgIpc) is 2.82. The van der Waals surface area contributed by atoms with Crippen LogP contribution in [0.4, 0.5) is 0 Å². The second-order valence-corrected chi connectivity index (χ2v) is 8.32. The number of carbonyl (C=O) groups is 1. The molecule has 11 heteroatoms. The summed E-state index contributed by atoms with van der Waals surface area (Å²) < 4.78 is 17.6. The number of hydrogen-bond donors (Lipinski definition) is 7. The van der Waals surface area contributed by atoms with Crippen LogP contribution in [0.1, 0.15) is 34.9 Å². The number of benzene rings is 2. The molecule has 2 saturated heterocycles. The number of aromatic hydroxyl groups is 4. The second-order valence-electron chi connectivity index (χ2n) is 8.32. The molecule has 34 heavy (non-hydrogen) atoms. The highest BCUT2D eigenvalue weighted by Crippen LogP contribution is 2.41. The monoisotopic (exact) mass is 478 g/mol. The van der Waals surface area contributed by atoms with Crippen LogP contribution in [0.2, 0.25) is 0 Å². The predicted molar refractivity (Wildman–Crippen MR) is 113 cm³/mol. The van der Waals surface area contributed by atoms with Gasteiger partial charge in [-0.3, -0.25) is 4.79 Å². The Morgan fingerprint density at radius 3 is 2.09 bits per heavy atom. The molecule has 2 aliphatic rings. The standard InChI is InChI=1S/C23H26O11/c24-9-18-19(30)20(31)22-23(33-18)32-17(21(34-22)11-2-4-14(27)16(29)8-11)6-5-12(25)10-1-3-13(26)15(28)7-10/h1-4,7-8,17-24,26-31H,5-6,9H2/t17-,18-,19-,20+,21-,22?,23-/m1/s1. The molecule has 1 unspecified atom stereocenters. The normalized spacial score (nSPS) is 31.1. The van der Waals surface area contributed by atoms with Crippen LogP contribution in [-0.2, 0) is 14.2 Å². The van der Waals surface area contributed by atoms with Crippen molar-refractivity contribution in [3.63, 3.8) is 0 Å². The molecule has 7 atom stereocenters. The Bertz CT molecular complexity index is 1040. The molecule has 2 heterocycles. The van der Waals surface area contributed by atoms with Gasteiger partial charge in [-0.05, 0) is 42.3 Å². The fourth-order valence-electron chi connectivity index (χ4n) is 4.16. The highest BCUT2D eigenvalue weighted by atomic mass is 16.7. The molecule has 2 aliphatic heterocycles. The Labute approximate surface area is 194 Å². The van der Waals surface area contributed by atoms with Crippen molar-refractivity contribution in [2.45, 2.75) is 55.8 Å². The first-order valence-electron chi connectivity index (χ1n) is 10.7. The largest absolute Gasteiger partial charge is 0.504 e. The smallest absolute Gasteiger partial charge is 0.187 e. The molecule has 11 nitrogen and oxygen atoms in total. The quantitative estimate of drug-likeness (QED) is 0.225. The van der Waals surface area contributed by atoms with Gasteiger partial charge in [0.25, 0.3) is 0 Å². The summed E-state index contributed by atoms with van der Waals surface area (Å²) in [4.78, 5) is 12.7. The Morgan fingerprint density at radius 1 is 0.794 bits per heavy atom. The number of phenols is 4. The Kier molecular flexibility index (Phi) is 6.94. The molecule has 0 aromatic heterocycles. The van der Waals surface area contributed by atoms with Crippen molar-refractivity contribution in [1.29, 1.82) is 0 Å². The van der Waals surface area contributed by atoms with E-state index in [0.717, 1.165) is 6.07 Å². The van der Waals surface area contributed by atoms with Crippen LogP contribution in [0.5, 0.6) is 23.0 Å². The number of fused-ring (bicyclic) bond motifs is 1. The van der Waals surface area contributed by atoms with Crippen molar-refractivity contribution < 1.29 is 54.8 Å². The van der Waals surface area contributed by atoms with Gasteiger partial charge >= 0.3 is 0 Å². The van der Waals surface area contributed by atoms with Crippen LogP contribution in [0.25, 0.3) is 0 Å². The van der Waals surface area contributed by atoms with Crippen LogP contribution in [-0.4, -0.2) is 84.9 Å². The number of hydrogen-bond acceptors (Lipinski definition) is 11. The first-order valence-corrected chi connectivity index (χ1v) is 10.7. The molecule has 7 N–H and O–H groups in total. The van der Waals surface area contributed by atoms with E-state index in [4.69, 9.17) is 14.2 Å². The zero-order valence-electron chi connectivity index (χ0n) is 17.9. The van der Waals surface area contributed by atoms with Gasteiger partial charge in [0.15, 0.2) is 35.1 Å². The van der Waals surface area contributed by atoms with Gasteiger partial charge in [0, 0.05) is 12.0 Å². The summed E-state index contributed by atoms with van der Waals surface area (Å²) in [5.41, 5.74) is 0.566. The maximum atomic E-state index is 12.7. The van der Waals surface area contributed by atoms with E-state index in [-0.39, 0.29) is 35.7 Å². The topological polar surface area (TPSA) is 186 Å². The average molecular weight is 478 g/mol. The summed E-state index contributed by atoms with van der Waals surface area (Å²) in [5, 5.41) is 68.8. The molecule has 4 rings (SSSR count). The van der Waals surface area contributed by atoms with E-state index >= 15 is 0 Å². The highest BCUT2D eigenvalue weighted by molar-refractivity contribution is 5.96. The first kappa shape index (κ1) is 24.2. The van der Waals surface area contributed by atoms with Gasteiger partial charge in [0.05, 0.1) is 12.7 Å². The lowest BCUT2D eigenvalue weighted by molar-refractivity contribution is -0.369. The molecule has 0 saturated carbocycles. The molecule has 0 amide bonds. The molecule has 0 bridgehead atoms. The van der Waals surface area contributed by atoms with Crippen LogP contribution < -0.4 is 0 Å². The van der Waals surface area contributed by atoms with Gasteiger partial charge in [0.2, 0.25) is 0 Å². The lowest BCUT2D eigenvalue weighted by Crippen LogP contribution is -2.63. The first-order chi connectivity index (χ1) is 16.2. The van der Waals surface area contributed by atoms with Crippen LogP contribution >= 0.6 is 0 Å². The number of aliphatic hydroxyl groups excluding tert-OH is 3. The SMILES string of the molecule is O=C(CC[C@H]1O[C@@H]2O[C@H](CO)[C@@H](O)[C@H](O)C2O[C@@H]1c1ccc(O)c(O)c1)c1ccc(O)c(O)c1. The molecule has 184 valence electrons. The summed E-state index contributed by atoms with van der Waals surface area (Å²) in [5.74, 6) is -1.88. The molecule has 2 fully saturated rings. The second kappa shape index (κ2) is 9.74. The number of Topliss-reactive ketones (excluding diaryl/α,β-unsaturated/α-hetero) is 1. The van der Waals surface area contributed by atoms with Crippen LogP contribution in [0.15, 0.2) is 36.4 Å². The van der Waals surface area contributed by atoms with Crippen LogP contribution in [0.3, 0.4) is 0 Å². The van der Waals surface area contributed by atoms with E-state index in [9.17, 15) is 40.5 Å².